The molecule has 0 aliphatic carbocycles. The Bertz CT molecular complexity index is 1210. The summed E-state index contributed by atoms with van der Waals surface area (Å²) in [5.41, 5.74) is 0.659. The Hall–Kier alpha value is -3.14. The summed E-state index contributed by atoms with van der Waals surface area (Å²) in [5.74, 6) is -3.21. The highest BCUT2D eigenvalue weighted by molar-refractivity contribution is 7.98. The molecule has 2 heterocycles. The number of H-pyrrole nitrogens is 1. The van der Waals surface area contributed by atoms with Crippen molar-refractivity contribution < 1.29 is 13.2 Å². The first kappa shape index (κ1) is 19.2. The van der Waals surface area contributed by atoms with E-state index in [1.165, 1.54) is 11.8 Å². The van der Waals surface area contributed by atoms with Crippen LogP contribution in [0.3, 0.4) is 0 Å². The summed E-state index contributed by atoms with van der Waals surface area (Å²) in [6, 6.07) is 8.08. The van der Waals surface area contributed by atoms with Crippen molar-refractivity contribution in [3.8, 4) is 11.4 Å². The van der Waals surface area contributed by atoms with E-state index in [9.17, 15) is 13.2 Å². The van der Waals surface area contributed by atoms with Crippen molar-refractivity contribution in [2.24, 2.45) is 0 Å². The fourth-order valence-corrected chi connectivity index (χ4v) is 3.30. The van der Waals surface area contributed by atoms with E-state index in [4.69, 9.17) is 0 Å². The lowest BCUT2D eigenvalue weighted by molar-refractivity contribution is 0.442. The van der Waals surface area contributed by atoms with Crippen molar-refractivity contribution in [2.75, 3.05) is 11.6 Å². The number of nitrogens with zero attached hydrogens (tertiary/aromatic N) is 4. The van der Waals surface area contributed by atoms with Crippen LogP contribution in [-0.4, -0.2) is 31.4 Å². The van der Waals surface area contributed by atoms with Crippen molar-refractivity contribution in [1.82, 2.24) is 25.1 Å². The molecule has 0 amide bonds. The first-order valence-electron chi connectivity index (χ1n) is 8.68. The minimum Gasteiger partial charge on any atom is -0.308 e. The van der Waals surface area contributed by atoms with Gasteiger partial charge in [-0.2, -0.15) is 4.98 Å². The lowest BCUT2D eigenvalue weighted by atomic mass is 10.0. The number of aromatic nitrogens is 5. The summed E-state index contributed by atoms with van der Waals surface area (Å²) in [7, 11) is 0. The molecule has 0 unspecified atom stereocenters. The lowest BCUT2D eigenvalue weighted by Crippen LogP contribution is -2.05. The van der Waals surface area contributed by atoms with Gasteiger partial charge in [0, 0.05) is 16.5 Å². The number of benzene rings is 2. The molecular weight excluding hydrogens is 401 g/mol. The van der Waals surface area contributed by atoms with Crippen LogP contribution >= 0.6 is 11.8 Å². The molecule has 2 N–H and O–H groups in total. The number of halogens is 3. The summed E-state index contributed by atoms with van der Waals surface area (Å²) in [4.78, 5) is 13.1. The quantitative estimate of drug-likeness (QED) is 0.357. The van der Waals surface area contributed by atoms with Gasteiger partial charge < -0.3 is 5.32 Å². The van der Waals surface area contributed by atoms with Crippen LogP contribution in [0.4, 0.5) is 24.9 Å². The smallest absolute Gasteiger partial charge is 0.225 e. The number of thioether (sulfide) groups is 1. The van der Waals surface area contributed by atoms with Gasteiger partial charge >= 0.3 is 0 Å². The number of nitrogens with one attached hydrogen (secondary N) is 2. The molecule has 0 saturated heterocycles. The molecule has 2 aromatic carbocycles. The topological polar surface area (TPSA) is 79.4 Å². The second kappa shape index (κ2) is 7.70. The van der Waals surface area contributed by atoms with Crippen LogP contribution in [-0.2, 0) is 6.42 Å². The predicted molar refractivity (Wildman–Crippen MR) is 106 cm³/mol. The minimum atomic E-state index is -1.50. The van der Waals surface area contributed by atoms with Crippen molar-refractivity contribution in [3.05, 3.63) is 53.3 Å². The van der Waals surface area contributed by atoms with Crippen molar-refractivity contribution in [3.63, 3.8) is 0 Å². The first-order valence-corrected chi connectivity index (χ1v) is 9.91. The molecule has 6 nitrogen and oxygen atoms in total. The van der Waals surface area contributed by atoms with Crippen LogP contribution in [0.25, 0.3) is 22.3 Å². The maximum Gasteiger partial charge on any atom is 0.225 e. The van der Waals surface area contributed by atoms with Gasteiger partial charge in [-0.15, -0.1) is 5.10 Å². The van der Waals surface area contributed by atoms with E-state index in [0.717, 1.165) is 6.07 Å². The molecule has 4 aromatic rings. The van der Waals surface area contributed by atoms with Gasteiger partial charge in [-0.05, 0) is 30.9 Å². The third-order valence-electron chi connectivity index (χ3n) is 4.35. The number of hydrogen-bond donors (Lipinski definition) is 2. The lowest BCUT2D eigenvalue weighted by Gasteiger charge is -2.13. The maximum atomic E-state index is 14.3. The number of fused-ring (bicyclic) bond motifs is 1. The molecule has 0 aliphatic rings. The fraction of sp³-hybridized carbons (Fsp3) is 0.158. The summed E-state index contributed by atoms with van der Waals surface area (Å²) in [6.45, 7) is 1.65. The zero-order chi connectivity index (χ0) is 20.5. The second-order valence-electron chi connectivity index (χ2n) is 6.07. The van der Waals surface area contributed by atoms with Gasteiger partial charge in [-0.3, -0.25) is 0 Å². The standard InChI is InChI=1S/C19H15F3N6S/c1-3-9-11(8-12(20)15(22)14(9)21)17-23-13-7-5-4-6-10(13)16(24-17)25-18-26-19(29-2)28-27-18/h4-8H,3H2,1-2H3,(H2,23,24,25,26,27,28). The third-order valence-corrected chi connectivity index (χ3v) is 4.89. The van der Waals surface area contributed by atoms with E-state index in [2.05, 4.69) is 30.5 Å². The van der Waals surface area contributed by atoms with E-state index in [1.807, 2.05) is 12.3 Å². The van der Waals surface area contributed by atoms with Crippen LogP contribution in [0.5, 0.6) is 0 Å². The Balaban J connectivity index is 1.91. The van der Waals surface area contributed by atoms with Crippen LogP contribution in [0.15, 0.2) is 35.5 Å². The zero-order valence-electron chi connectivity index (χ0n) is 15.4. The molecule has 0 bridgehead atoms. The largest absolute Gasteiger partial charge is 0.308 e. The van der Waals surface area contributed by atoms with Gasteiger partial charge in [0.15, 0.2) is 23.3 Å². The highest BCUT2D eigenvalue weighted by Crippen LogP contribution is 2.31. The van der Waals surface area contributed by atoms with Crippen molar-refractivity contribution in [2.45, 2.75) is 18.5 Å². The van der Waals surface area contributed by atoms with Gasteiger partial charge in [-0.1, -0.05) is 30.8 Å². The molecule has 0 aliphatic heterocycles. The van der Waals surface area contributed by atoms with Gasteiger partial charge in [0.05, 0.1) is 5.52 Å². The monoisotopic (exact) mass is 416 g/mol. The third kappa shape index (κ3) is 3.51. The van der Waals surface area contributed by atoms with E-state index >= 15 is 0 Å². The number of anilines is 2. The van der Waals surface area contributed by atoms with Crippen LogP contribution in [0.1, 0.15) is 12.5 Å². The highest BCUT2D eigenvalue weighted by atomic mass is 32.2. The molecule has 10 heteroatoms. The van der Waals surface area contributed by atoms with Gasteiger partial charge in [0.25, 0.3) is 0 Å². The van der Waals surface area contributed by atoms with Crippen LogP contribution < -0.4 is 5.32 Å². The Morgan fingerprint density at radius 1 is 1.07 bits per heavy atom. The summed E-state index contributed by atoms with van der Waals surface area (Å²) in [5, 5.41) is 11.0. The van der Waals surface area contributed by atoms with Crippen molar-refractivity contribution in [1.29, 1.82) is 0 Å². The second-order valence-corrected chi connectivity index (χ2v) is 6.85. The van der Waals surface area contributed by atoms with Crippen LogP contribution in [0.2, 0.25) is 0 Å². The molecular formula is C19H15F3N6S. The fourth-order valence-electron chi connectivity index (χ4n) is 2.98. The molecule has 0 spiro atoms. The highest BCUT2D eigenvalue weighted by Gasteiger charge is 2.21. The predicted octanol–water partition coefficient (Wildman–Crippen LogP) is 4.86. The van der Waals surface area contributed by atoms with Gasteiger partial charge in [0.1, 0.15) is 5.82 Å². The summed E-state index contributed by atoms with van der Waals surface area (Å²) < 4.78 is 41.9. The molecule has 0 fully saturated rings. The molecule has 148 valence electrons. The van der Waals surface area contributed by atoms with Gasteiger partial charge in [0.2, 0.25) is 11.1 Å². The van der Waals surface area contributed by atoms with E-state index in [1.54, 1.807) is 25.1 Å². The van der Waals surface area contributed by atoms with Gasteiger partial charge in [-0.25, -0.2) is 28.2 Å². The zero-order valence-corrected chi connectivity index (χ0v) is 16.2. The molecule has 2 aromatic heterocycles. The molecule has 0 saturated carbocycles. The Morgan fingerprint density at radius 2 is 1.86 bits per heavy atom. The van der Waals surface area contributed by atoms with Crippen molar-refractivity contribution >= 4 is 34.4 Å². The Morgan fingerprint density at radius 3 is 2.59 bits per heavy atom. The normalized spacial score (nSPS) is 11.2. The number of rotatable bonds is 5. The Kier molecular flexibility index (Phi) is 5.10. The van der Waals surface area contributed by atoms with E-state index in [0.29, 0.717) is 27.8 Å². The SMILES string of the molecule is CCc1c(-c2nc(Nc3nc(SC)n[nH]3)c3ccccc3n2)cc(F)c(F)c1F. The molecule has 0 radical (unpaired) electrons. The number of para-hydroxylation sites is 1. The number of hydrogen-bond acceptors (Lipinski definition) is 6. The average molecular weight is 416 g/mol. The van der Waals surface area contributed by atoms with E-state index < -0.39 is 17.5 Å². The summed E-state index contributed by atoms with van der Waals surface area (Å²) in [6.07, 6.45) is 1.99. The summed E-state index contributed by atoms with van der Waals surface area (Å²) >= 11 is 1.37. The first-order chi connectivity index (χ1) is 14.0. The molecule has 0 atom stereocenters. The maximum absolute atomic E-state index is 14.3. The van der Waals surface area contributed by atoms with E-state index in [-0.39, 0.29) is 23.4 Å². The average Bonchev–Trinajstić information content (AvgIpc) is 3.19. The minimum absolute atomic E-state index is 0.00876. The number of aromatic amines is 1. The molecule has 4 rings (SSSR count). The molecule has 29 heavy (non-hydrogen) atoms. The Labute approximate surface area is 168 Å². The van der Waals surface area contributed by atoms with Crippen LogP contribution in [0, 0.1) is 17.5 Å².